The lowest BCUT2D eigenvalue weighted by Gasteiger charge is -2.09. The van der Waals surface area contributed by atoms with Gasteiger partial charge in [-0.3, -0.25) is 0 Å². The number of hydrogen-bond donors (Lipinski definition) is 0. The van der Waals surface area contributed by atoms with Gasteiger partial charge in [0.05, 0.1) is 99.1 Å². The third kappa shape index (κ3) is 35.1. The van der Waals surface area contributed by atoms with Gasteiger partial charge in [0.2, 0.25) is 0 Å². The average Bonchev–Trinajstić information content (AvgIpc) is 3.13. The molecule has 1 rings (SSSR count). The van der Waals surface area contributed by atoms with Gasteiger partial charge < -0.3 is 42.6 Å². The van der Waals surface area contributed by atoms with Gasteiger partial charge in [-0.1, -0.05) is 109 Å². The smallest absolute Gasteiger partial charge is 0.119 e. The molecule has 1 aromatic carbocycles. The van der Waals surface area contributed by atoms with Crippen molar-refractivity contribution in [3.05, 3.63) is 29.8 Å². The van der Waals surface area contributed by atoms with Crippen molar-refractivity contribution in [3.63, 3.8) is 0 Å². The minimum Gasteiger partial charge on any atom is -0.491 e. The number of aryl methyl sites for hydroxylation is 1. The second-order valence-electron chi connectivity index (χ2n) is 12.7. The van der Waals surface area contributed by atoms with Crippen molar-refractivity contribution in [1.29, 1.82) is 0 Å². The van der Waals surface area contributed by atoms with Crippen LogP contribution in [0, 0.1) is 0 Å². The fraction of sp³-hybridized carbons (Fsp3) is 0.854. The van der Waals surface area contributed by atoms with Crippen LogP contribution in [0.5, 0.6) is 5.75 Å². The molecule has 0 bridgehead atoms. The molecule has 50 heavy (non-hydrogen) atoms. The lowest BCUT2D eigenvalue weighted by Crippen LogP contribution is -2.15. The van der Waals surface area contributed by atoms with Crippen LogP contribution in [0.4, 0.5) is 0 Å². The van der Waals surface area contributed by atoms with Crippen LogP contribution in [-0.4, -0.2) is 112 Å². The van der Waals surface area contributed by atoms with E-state index in [2.05, 4.69) is 38.1 Å². The lowest BCUT2D eigenvalue weighted by molar-refractivity contribution is -0.0236. The van der Waals surface area contributed by atoms with Crippen molar-refractivity contribution in [3.8, 4) is 5.75 Å². The van der Waals surface area contributed by atoms with Gasteiger partial charge in [0.25, 0.3) is 0 Å². The maximum Gasteiger partial charge on any atom is 0.119 e. The van der Waals surface area contributed by atoms with Gasteiger partial charge in [-0.15, -0.1) is 0 Å². The van der Waals surface area contributed by atoms with E-state index in [-0.39, 0.29) is 0 Å². The minimum atomic E-state index is 0.532. The summed E-state index contributed by atoms with van der Waals surface area (Å²) in [5, 5.41) is 0. The third-order valence-electron chi connectivity index (χ3n) is 8.24. The molecule has 0 N–H and O–H groups in total. The van der Waals surface area contributed by atoms with E-state index < -0.39 is 0 Å². The minimum absolute atomic E-state index is 0.532. The number of ether oxygens (including phenoxy) is 9. The molecule has 0 fully saturated rings. The highest BCUT2D eigenvalue weighted by Crippen LogP contribution is 2.15. The summed E-state index contributed by atoms with van der Waals surface area (Å²) in [6.45, 7) is 14.2. The Hall–Kier alpha value is -1.30. The van der Waals surface area contributed by atoms with Crippen LogP contribution in [0.1, 0.15) is 116 Å². The summed E-state index contributed by atoms with van der Waals surface area (Å²) in [5.41, 5.74) is 1.39. The Morgan fingerprint density at radius 1 is 0.300 bits per heavy atom. The maximum absolute atomic E-state index is 5.79. The summed E-state index contributed by atoms with van der Waals surface area (Å²) < 4.78 is 50.2. The second kappa shape index (κ2) is 40.5. The van der Waals surface area contributed by atoms with Gasteiger partial charge >= 0.3 is 0 Å². The van der Waals surface area contributed by atoms with E-state index in [0.29, 0.717) is 106 Å². The van der Waals surface area contributed by atoms with E-state index in [1.165, 1.54) is 95.5 Å². The van der Waals surface area contributed by atoms with E-state index in [1.54, 1.807) is 0 Å². The maximum atomic E-state index is 5.79. The predicted octanol–water partition coefficient (Wildman–Crippen LogP) is 8.63. The molecular weight excluding hydrogens is 636 g/mol. The average molecular weight is 713 g/mol. The molecule has 0 radical (unpaired) electrons. The first-order chi connectivity index (χ1) is 24.9. The van der Waals surface area contributed by atoms with Crippen molar-refractivity contribution in [1.82, 2.24) is 0 Å². The van der Waals surface area contributed by atoms with E-state index in [9.17, 15) is 0 Å². The molecule has 0 aliphatic rings. The molecule has 0 amide bonds. The van der Waals surface area contributed by atoms with E-state index in [0.717, 1.165) is 25.2 Å². The van der Waals surface area contributed by atoms with Crippen molar-refractivity contribution >= 4 is 0 Å². The molecule has 0 atom stereocenters. The fourth-order valence-corrected chi connectivity index (χ4v) is 5.24. The molecule has 0 aliphatic heterocycles. The van der Waals surface area contributed by atoms with Crippen molar-refractivity contribution in [2.75, 3.05) is 112 Å². The summed E-state index contributed by atoms with van der Waals surface area (Å²) in [5.74, 6) is 0.893. The second-order valence-corrected chi connectivity index (χ2v) is 12.7. The molecule has 0 spiro atoms. The van der Waals surface area contributed by atoms with Crippen LogP contribution in [-0.2, 0) is 44.3 Å². The summed E-state index contributed by atoms with van der Waals surface area (Å²) >= 11 is 0. The Morgan fingerprint density at radius 2 is 0.600 bits per heavy atom. The number of hydrogen-bond acceptors (Lipinski definition) is 9. The third-order valence-corrected chi connectivity index (χ3v) is 8.24. The Balaban J connectivity index is 1.69. The monoisotopic (exact) mass is 713 g/mol. The number of rotatable bonds is 42. The quantitative estimate of drug-likeness (QED) is 0.0619. The van der Waals surface area contributed by atoms with Gasteiger partial charge in [0.1, 0.15) is 12.4 Å². The van der Waals surface area contributed by atoms with Crippen LogP contribution >= 0.6 is 0 Å². The highest BCUT2D eigenvalue weighted by atomic mass is 16.6. The van der Waals surface area contributed by atoms with Gasteiger partial charge in [0.15, 0.2) is 0 Å². The molecule has 0 aliphatic carbocycles. The van der Waals surface area contributed by atoms with Crippen molar-refractivity contribution in [2.45, 2.75) is 117 Å². The first kappa shape index (κ1) is 46.7. The van der Waals surface area contributed by atoms with E-state index in [1.807, 2.05) is 0 Å². The molecular formula is C41H76O9. The van der Waals surface area contributed by atoms with Crippen molar-refractivity contribution < 1.29 is 42.6 Å². The first-order valence-corrected chi connectivity index (χ1v) is 20.2. The Labute approximate surface area is 306 Å². The standard InChI is InChI=1S/C41H76O9/c1-3-5-7-9-11-13-15-17-23-42-24-25-43-26-27-44-28-29-45-30-31-46-32-33-47-34-35-48-36-37-49-38-39-50-41-21-19-40(20-22-41)18-16-14-12-10-8-6-4-2/h19-22H,3-18,23-39H2,1-2H3. The zero-order valence-corrected chi connectivity index (χ0v) is 32.3. The molecule has 0 heterocycles. The molecule has 0 aromatic heterocycles. The number of benzene rings is 1. The highest BCUT2D eigenvalue weighted by molar-refractivity contribution is 5.27. The topological polar surface area (TPSA) is 83.1 Å². The molecule has 0 saturated heterocycles. The van der Waals surface area contributed by atoms with Gasteiger partial charge in [-0.2, -0.15) is 0 Å². The molecule has 9 heteroatoms. The molecule has 294 valence electrons. The van der Waals surface area contributed by atoms with Crippen molar-refractivity contribution in [2.24, 2.45) is 0 Å². The lowest BCUT2D eigenvalue weighted by atomic mass is 10.0. The first-order valence-electron chi connectivity index (χ1n) is 20.2. The summed E-state index contributed by atoms with van der Waals surface area (Å²) in [6.07, 6.45) is 21.1. The van der Waals surface area contributed by atoms with Gasteiger partial charge in [-0.05, 0) is 37.0 Å². The van der Waals surface area contributed by atoms with E-state index >= 15 is 0 Å². The van der Waals surface area contributed by atoms with E-state index in [4.69, 9.17) is 42.6 Å². The van der Waals surface area contributed by atoms with Crippen LogP contribution < -0.4 is 4.74 Å². The summed E-state index contributed by atoms with van der Waals surface area (Å²) in [7, 11) is 0. The SMILES string of the molecule is CCCCCCCCCCOCCOCCOCCOCCOCCOCCOCCOCCOc1ccc(CCCCCCCCC)cc1. The Kier molecular flexibility index (Phi) is 37.8. The summed E-state index contributed by atoms with van der Waals surface area (Å²) in [6, 6.07) is 8.48. The highest BCUT2D eigenvalue weighted by Gasteiger charge is 1.99. The Bertz CT molecular complexity index is 765. The van der Waals surface area contributed by atoms with Gasteiger partial charge in [0, 0.05) is 6.61 Å². The van der Waals surface area contributed by atoms with Crippen LogP contribution in [0.15, 0.2) is 24.3 Å². The predicted molar refractivity (Wildman–Crippen MR) is 203 cm³/mol. The fourth-order valence-electron chi connectivity index (χ4n) is 5.24. The molecule has 1 aromatic rings. The molecule has 0 saturated carbocycles. The zero-order chi connectivity index (χ0) is 35.7. The Morgan fingerprint density at radius 3 is 0.980 bits per heavy atom. The molecule has 9 nitrogen and oxygen atoms in total. The normalized spacial score (nSPS) is 11.5. The largest absolute Gasteiger partial charge is 0.491 e. The van der Waals surface area contributed by atoms with Gasteiger partial charge in [-0.25, -0.2) is 0 Å². The summed E-state index contributed by atoms with van der Waals surface area (Å²) in [4.78, 5) is 0. The zero-order valence-electron chi connectivity index (χ0n) is 32.3. The van der Waals surface area contributed by atoms with Crippen LogP contribution in [0.2, 0.25) is 0 Å². The van der Waals surface area contributed by atoms with Crippen LogP contribution in [0.3, 0.4) is 0 Å². The van der Waals surface area contributed by atoms with Crippen LogP contribution in [0.25, 0.3) is 0 Å². The molecule has 0 unspecified atom stereocenters. The number of unbranched alkanes of at least 4 members (excludes halogenated alkanes) is 13.